The van der Waals surface area contributed by atoms with Gasteiger partial charge in [-0.15, -0.1) is 0 Å². The number of aromatic carboxylic acids is 1. The molecule has 1 unspecified atom stereocenters. The Morgan fingerprint density at radius 3 is 2.33 bits per heavy atom. The van der Waals surface area contributed by atoms with Gasteiger partial charge in [0.1, 0.15) is 6.04 Å². The summed E-state index contributed by atoms with van der Waals surface area (Å²) in [7, 11) is 0. The van der Waals surface area contributed by atoms with E-state index in [4.69, 9.17) is 10.6 Å². The van der Waals surface area contributed by atoms with Crippen LogP contribution in [0.5, 0.6) is 0 Å². The normalized spacial score (nSPS) is 16.6. The van der Waals surface area contributed by atoms with Gasteiger partial charge in [-0.3, -0.25) is 4.79 Å². The number of anilines is 2. The van der Waals surface area contributed by atoms with Gasteiger partial charge >= 0.3 is 5.97 Å². The molecule has 1 fully saturated rings. The smallest absolute Gasteiger partial charge is 0.338 e. The Bertz CT molecular complexity index is 894. The van der Waals surface area contributed by atoms with E-state index in [-0.39, 0.29) is 11.3 Å². The van der Waals surface area contributed by atoms with Gasteiger partial charge in [-0.25, -0.2) is 24.7 Å². The molecule has 1 saturated heterocycles. The summed E-state index contributed by atoms with van der Waals surface area (Å²) in [5.41, 5.74) is 8.70. The zero-order valence-corrected chi connectivity index (χ0v) is 14.3. The van der Waals surface area contributed by atoms with E-state index in [0.717, 1.165) is 0 Å². The molecule has 12 heteroatoms. The van der Waals surface area contributed by atoms with E-state index in [1.165, 1.54) is 31.7 Å². The van der Waals surface area contributed by atoms with Crippen molar-refractivity contribution in [3.05, 3.63) is 40.8 Å². The average molecular weight is 369 g/mol. The number of aromatic nitrogens is 4. The summed E-state index contributed by atoms with van der Waals surface area (Å²) < 4.78 is 0. The molecule has 138 valence electrons. The van der Waals surface area contributed by atoms with E-state index in [0.29, 0.717) is 37.2 Å². The van der Waals surface area contributed by atoms with Crippen molar-refractivity contribution in [3.63, 3.8) is 0 Å². The van der Waals surface area contributed by atoms with Crippen molar-refractivity contribution < 1.29 is 14.7 Å². The first-order valence-electron chi connectivity index (χ1n) is 7.94. The number of piperazine rings is 1. The van der Waals surface area contributed by atoms with Gasteiger partial charge in [0.25, 0.3) is 0 Å². The molecule has 2 aromatic heterocycles. The van der Waals surface area contributed by atoms with Crippen LogP contribution in [-0.4, -0.2) is 62.5 Å². The number of rotatable bonds is 5. The van der Waals surface area contributed by atoms with Gasteiger partial charge in [0.15, 0.2) is 5.78 Å². The van der Waals surface area contributed by atoms with Crippen LogP contribution in [0.25, 0.3) is 10.4 Å². The minimum atomic E-state index is -1.11. The van der Waals surface area contributed by atoms with Crippen LogP contribution in [0.3, 0.4) is 0 Å². The molecular formula is C15H15N9O3. The molecule has 12 nitrogen and oxygen atoms in total. The van der Waals surface area contributed by atoms with Crippen molar-refractivity contribution in [1.29, 1.82) is 0 Å². The number of carbonyl (C=O) groups excluding carboxylic acids is 1. The molecule has 3 heterocycles. The second-order valence-electron chi connectivity index (χ2n) is 5.77. The highest BCUT2D eigenvalue weighted by Gasteiger charge is 2.33. The summed E-state index contributed by atoms with van der Waals surface area (Å²) in [5, 5.41) is 12.4. The van der Waals surface area contributed by atoms with Gasteiger partial charge in [0, 0.05) is 49.3 Å². The number of ketones is 1. The Labute approximate surface area is 153 Å². The van der Waals surface area contributed by atoms with Crippen LogP contribution in [-0.2, 0) is 4.79 Å². The van der Waals surface area contributed by atoms with Crippen LogP contribution in [0.4, 0.5) is 17.6 Å². The lowest BCUT2D eigenvalue weighted by molar-refractivity contribution is -0.118. The van der Waals surface area contributed by atoms with Crippen molar-refractivity contribution in [2.45, 2.75) is 13.0 Å². The molecule has 0 saturated carbocycles. The minimum Gasteiger partial charge on any atom is -0.478 e. The first-order valence-corrected chi connectivity index (χ1v) is 7.94. The first-order chi connectivity index (χ1) is 13.0. The van der Waals surface area contributed by atoms with Crippen molar-refractivity contribution >= 4 is 29.3 Å². The van der Waals surface area contributed by atoms with Gasteiger partial charge in [-0.1, -0.05) is 5.11 Å². The summed E-state index contributed by atoms with van der Waals surface area (Å²) in [4.78, 5) is 45.8. The fourth-order valence-corrected chi connectivity index (χ4v) is 2.71. The maximum atomic E-state index is 12.2. The van der Waals surface area contributed by atoms with E-state index >= 15 is 0 Å². The fourth-order valence-electron chi connectivity index (χ4n) is 2.71. The number of azide groups is 1. The Kier molecular flexibility index (Phi) is 5.08. The van der Waals surface area contributed by atoms with E-state index in [2.05, 4.69) is 30.0 Å². The minimum absolute atomic E-state index is 0.0229. The molecule has 0 aliphatic carbocycles. The highest BCUT2D eigenvalue weighted by atomic mass is 16.4. The van der Waals surface area contributed by atoms with Crippen LogP contribution in [0.15, 0.2) is 29.9 Å². The molecule has 3 rings (SSSR count). The monoisotopic (exact) mass is 369 g/mol. The predicted molar refractivity (Wildman–Crippen MR) is 93.9 cm³/mol. The topological polar surface area (TPSA) is 161 Å². The Morgan fingerprint density at radius 2 is 1.78 bits per heavy atom. The van der Waals surface area contributed by atoms with Crippen LogP contribution in [0.1, 0.15) is 17.3 Å². The number of nitrogens with zero attached hydrogens (tertiary/aromatic N) is 9. The summed E-state index contributed by atoms with van der Waals surface area (Å²) in [5.74, 6) is -0.494. The van der Waals surface area contributed by atoms with E-state index in [9.17, 15) is 9.59 Å². The number of carbonyl (C=O) groups is 2. The molecule has 0 aromatic carbocycles. The third-order valence-electron chi connectivity index (χ3n) is 4.06. The molecule has 1 N–H and O–H groups in total. The maximum Gasteiger partial charge on any atom is 0.338 e. The Morgan fingerprint density at radius 1 is 1.15 bits per heavy atom. The van der Waals surface area contributed by atoms with E-state index < -0.39 is 12.0 Å². The number of Topliss-reactive ketones (excluding diaryl/α,β-unsaturated/α-hetero) is 1. The zero-order valence-electron chi connectivity index (χ0n) is 14.3. The molecule has 0 radical (unpaired) electrons. The molecule has 0 amide bonds. The summed E-state index contributed by atoms with van der Waals surface area (Å²) in [6.07, 6.45) is 5.24. The molecule has 27 heavy (non-hydrogen) atoms. The number of carboxylic acids is 1. The Balaban J connectivity index is 1.79. The SMILES string of the molecule is CC(=O)C1CN(c2ncc(N=[N+]=[N-])cn2)CCN1c1ncc(C(=O)O)cn1. The molecule has 0 bridgehead atoms. The van der Waals surface area contributed by atoms with Crippen LogP contribution in [0.2, 0.25) is 0 Å². The second kappa shape index (κ2) is 7.62. The van der Waals surface area contributed by atoms with E-state index in [1.54, 1.807) is 4.90 Å². The first kappa shape index (κ1) is 18.0. The average Bonchev–Trinajstić information content (AvgIpc) is 2.68. The van der Waals surface area contributed by atoms with Gasteiger partial charge < -0.3 is 14.9 Å². The van der Waals surface area contributed by atoms with Crippen molar-refractivity contribution in [2.24, 2.45) is 5.11 Å². The lowest BCUT2D eigenvalue weighted by Gasteiger charge is -2.40. The molecular weight excluding hydrogens is 354 g/mol. The van der Waals surface area contributed by atoms with Gasteiger partial charge in [-0.2, -0.15) is 0 Å². The third-order valence-corrected chi connectivity index (χ3v) is 4.06. The van der Waals surface area contributed by atoms with Gasteiger partial charge in [-0.05, 0) is 12.5 Å². The summed E-state index contributed by atoms with van der Waals surface area (Å²) >= 11 is 0. The van der Waals surface area contributed by atoms with Crippen LogP contribution in [0, 0.1) is 0 Å². The van der Waals surface area contributed by atoms with Crippen LogP contribution >= 0.6 is 0 Å². The summed E-state index contributed by atoms with van der Waals surface area (Å²) in [6, 6.07) is -0.533. The van der Waals surface area contributed by atoms with Crippen molar-refractivity contribution in [3.8, 4) is 0 Å². The predicted octanol–water partition coefficient (Wildman–Crippen LogP) is 1.19. The van der Waals surface area contributed by atoms with Gasteiger partial charge in [0.2, 0.25) is 11.9 Å². The number of hydrogen-bond donors (Lipinski definition) is 1. The lowest BCUT2D eigenvalue weighted by Crippen LogP contribution is -2.57. The van der Waals surface area contributed by atoms with Crippen molar-refractivity contribution in [1.82, 2.24) is 19.9 Å². The van der Waals surface area contributed by atoms with Crippen LogP contribution < -0.4 is 9.80 Å². The van der Waals surface area contributed by atoms with Gasteiger partial charge in [0.05, 0.1) is 11.3 Å². The highest BCUT2D eigenvalue weighted by Crippen LogP contribution is 2.21. The number of hydrogen-bond acceptors (Lipinski definition) is 9. The molecule has 1 aliphatic heterocycles. The second-order valence-corrected chi connectivity index (χ2v) is 5.77. The maximum absolute atomic E-state index is 12.2. The van der Waals surface area contributed by atoms with Crippen molar-refractivity contribution in [2.75, 3.05) is 29.4 Å². The zero-order chi connectivity index (χ0) is 19.4. The Hall–Kier alpha value is -3.79. The highest BCUT2D eigenvalue weighted by molar-refractivity contribution is 5.87. The third kappa shape index (κ3) is 3.90. The quantitative estimate of drug-likeness (QED) is 0.463. The number of carboxylic acid groups (broad SMARTS) is 1. The molecule has 1 aliphatic rings. The lowest BCUT2D eigenvalue weighted by atomic mass is 10.1. The van der Waals surface area contributed by atoms with E-state index in [1.807, 2.05) is 4.90 Å². The largest absolute Gasteiger partial charge is 0.478 e. The fraction of sp³-hybridized carbons (Fsp3) is 0.333. The standard InChI is InChI=1S/C15H15N9O3/c1-9(25)12-8-23(14-19-6-11(7-20-14)21-22-16)2-3-24(12)15-17-4-10(5-18-15)13(26)27/h4-7,12H,2-3,8H2,1H3,(H,26,27). The molecule has 1 atom stereocenters. The molecule has 0 spiro atoms. The molecule has 2 aromatic rings. The summed E-state index contributed by atoms with van der Waals surface area (Å²) in [6.45, 7) is 2.73.